The fourth-order valence-electron chi connectivity index (χ4n) is 1.64. The monoisotopic (exact) mass is 220 g/mol. The smallest absolute Gasteiger partial charge is 0.122 e. The van der Waals surface area contributed by atoms with Crippen molar-refractivity contribution in [1.82, 2.24) is 0 Å². The molecule has 1 aromatic rings. The second-order valence-corrected chi connectivity index (χ2v) is 4.81. The van der Waals surface area contributed by atoms with Gasteiger partial charge in [0.2, 0.25) is 0 Å². The lowest BCUT2D eigenvalue weighted by Gasteiger charge is -2.11. The summed E-state index contributed by atoms with van der Waals surface area (Å²) < 4.78 is 10.9. The van der Waals surface area contributed by atoms with Gasteiger partial charge in [-0.1, -0.05) is 32.0 Å². The Morgan fingerprint density at radius 1 is 1.38 bits per heavy atom. The average molecular weight is 220 g/mol. The van der Waals surface area contributed by atoms with Gasteiger partial charge in [-0.2, -0.15) is 0 Å². The van der Waals surface area contributed by atoms with Gasteiger partial charge in [0.25, 0.3) is 0 Å². The predicted octanol–water partition coefficient (Wildman–Crippen LogP) is 3.05. The first kappa shape index (κ1) is 11.5. The van der Waals surface area contributed by atoms with E-state index in [2.05, 4.69) is 32.0 Å². The van der Waals surface area contributed by atoms with E-state index in [4.69, 9.17) is 9.47 Å². The van der Waals surface area contributed by atoms with Crippen molar-refractivity contribution in [1.29, 1.82) is 0 Å². The van der Waals surface area contributed by atoms with E-state index in [1.165, 1.54) is 12.0 Å². The summed E-state index contributed by atoms with van der Waals surface area (Å²) in [6.45, 7) is 6.05. The normalized spacial score (nSPS) is 18.8. The quantitative estimate of drug-likeness (QED) is 0.687. The summed E-state index contributed by atoms with van der Waals surface area (Å²) in [6, 6.07) is 8.32. The molecule has 1 aromatic carbocycles. The molecule has 1 aliphatic heterocycles. The summed E-state index contributed by atoms with van der Waals surface area (Å²) in [6.07, 6.45) is 2.64. The molecule has 0 amide bonds. The van der Waals surface area contributed by atoms with Crippen LogP contribution in [-0.2, 0) is 11.2 Å². The molecule has 16 heavy (non-hydrogen) atoms. The number of epoxide rings is 1. The third-order valence-electron chi connectivity index (χ3n) is 2.79. The largest absolute Gasteiger partial charge is 0.491 e. The minimum Gasteiger partial charge on any atom is -0.491 e. The average Bonchev–Trinajstić information content (AvgIpc) is 3.08. The number of hydrogen-bond donors (Lipinski definition) is 0. The van der Waals surface area contributed by atoms with Crippen LogP contribution in [0.4, 0.5) is 0 Å². The van der Waals surface area contributed by atoms with E-state index in [1.807, 2.05) is 6.07 Å². The van der Waals surface area contributed by atoms with Crippen LogP contribution in [0.1, 0.15) is 25.8 Å². The van der Waals surface area contributed by atoms with Gasteiger partial charge < -0.3 is 9.47 Å². The first-order valence-corrected chi connectivity index (χ1v) is 6.08. The van der Waals surface area contributed by atoms with E-state index >= 15 is 0 Å². The first-order valence-electron chi connectivity index (χ1n) is 6.08. The maximum atomic E-state index is 5.77. The summed E-state index contributed by atoms with van der Waals surface area (Å²) in [5.74, 6) is 1.76. The number of aryl methyl sites for hydroxylation is 1. The molecule has 1 saturated heterocycles. The van der Waals surface area contributed by atoms with Gasteiger partial charge in [-0.15, -0.1) is 0 Å². The van der Waals surface area contributed by atoms with Gasteiger partial charge in [-0.25, -0.2) is 0 Å². The Hall–Kier alpha value is -1.02. The zero-order valence-electron chi connectivity index (χ0n) is 10.1. The third kappa shape index (κ3) is 3.53. The van der Waals surface area contributed by atoms with Crippen molar-refractivity contribution in [2.45, 2.75) is 32.8 Å². The topological polar surface area (TPSA) is 21.8 Å². The van der Waals surface area contributed by atoms with Gasteiger partial charge in [-0.3, -0.25) is 0 Å². The highest BCUT2D eigenvalue weighted by molar-refractivity contribution is 5.33. The van der Waals surface area contributed by atoms with Gasteiger partial charge in [0.15, 0.2) is 0 Å². The van der Waals surface area contributed by atoms with Gasteiger partial charge in [0.1, 0.15) is 18.5 Å². The SMILES string of the molecule is CC(C)CCc1ccccc1OCC1CO1. The second kappa shape index (κ2) is 5.35. The molecular formula is C14H20O2. The number of benzene rings is 1. The van der Waals surface area contributed by atoms with Gasteiger partial charge in [-0.05, 0) is 30.4 Å². The highest BCUT2D eigenvalue weighted by Gasteiger charge is 2.23. The summed E-state index contributed by atoms with van der Waals surface area (Å²) in [5.41, 5.74) is 1.32. The maximum absolute atomic E-state index is 5.77. The molecular weight excluding hydrogens is 200 g/mol. The molecule has 0 bridgehead atoms. The van der Waals surface area contributed by atoms with Crippen LogP contribution < -0.4 is 4.74 Å². The van der Waals surface area contributed by atoms with Crippen molar-refractivity contribution in [3.8, 4) is 5.75 Å². The van der Waals surface area contributed by atoms with Crippen LogP contribution in [0.5, 0.6) is 5.75 Å². The van der Waals surface area contributed by atoms with Crippen molar-refractivity contribution in [3.63, 3.8) is 0 Å². The van der Waals surface area contributed by atoms with Crippen LogP contribution in [-0.4, -0.2) is 19.3 Å². The van der Waals surface area contributed by atoms with Crippen molar-refractivity contribution in [2.75, 3.05) is 13.2 Å². The lowest BCUT2D eigenvalue weighted by Crippen LogP contribution is -2.06. The van der Waals surface area contributed by atoms with Crippen molar-refractivity contribution >= 4 is 0 Å². The fourth-order valence-corrected chi connectivity index (χ4v) is 1.64. The molecule has 1 aliphatic rings. The molecule has 0 spiro atoms. The van der Waals surface area contributed by atoms with Crippen molar-refractivity contribution in [2.24, 2.45) is 5.92 Å². The van der Waals surface area contributed by atoms with E-state index in [1.54, 1.807) is 0 Å². The van der Waals surface area contributed by atoms with E-state index in [9.17, 15) is 0 Å². The molecule has 1 heterocycles. The molecule has 1 unspecified atom stereocenters. The summed E-state index contributed by atoms with van der Waals surface area (Å²) in [5, 5.41) is 0. The third-order valence-corrected chi connectivity index (χ3v) is 2.79. The Bertz CT molecular complexity index is 304. The number of hydrogen-bond acceptors (Lipinski definition) is 2. The number of para-hydroxylation sites is 1. The lowest BCUT2D eigenvalue weighted by atomic mass is 10.0. The van der Waals surface area contributed by atoms with E-state index in [-0.39, 0.29) is 0 Å². The molecule has 0 aromatic heterocycles. The summed E-state index contributed by atoms with van der Waals surface area (Å²) in [4.78, 5) is 0. The van der Waals surface area contributed by atoms with Crippen LogP contribution in [0.3, 0.4) is 0 Å². The molecule has 1 fully saturated rings. The predicted molar refractivity (Wildman–Crippen MR) is 64.8 cm³/mol. The van der Waals surface area contributed by atoms with Crippen molar-refractivity contribution in [3.05, 3.63) is 29.8 Å². The molecule has 0 saturated carbocycles. The lowest BCUT2D eigenvalue weighted by molar-refractivity contribution is 0.261. The minimum absolute atomic E-state index is 0.332. The van der Waals surface area contributed by atoms with Crippen LogP contribution in [0.25, 0.3) is 0 Å². The summed E-state index contributed by atoms with van der Waals surface area (Å²) in [7, 11) is 0. The molecule has 2 nitrogen and oxygen atoms in total. The maximum Gasteiger partial charge on any atom is 0.122 e. The van der Waals surface area contributed by atoms with E-state index in [0.29, 0.717) is 12.7 Å². The molecule has 1 atom stereocenters. The van der Waals surface area contributed by atoms with Crippen LogP contribution >= 0.6 is 0 Å². The van der Waals surface area contributed by atoms with E-state index < -0.39 is 0 Å². The second-order valence-electron chi connectivity index (χ2n) is 4.81. The zero-order valence-corrected chi connectivity index (χ0v) is 10.1. The molecule has 2 rings (SSSR count). The molecule has 88 valence electrons. The number of rotatable bonds is 6. The fraction of sp³-hybridized carbons (Fsp3) is 0.571. The Morgan fingerprint density at radius 2 is 2.12 bits per heavy atom. The standard InChI is InChI=1S/C14H20O2/c1-11(2)7-8-12-5-3-4-6-14(12)16-10-13-9-15-13/h3-6,11,13H,7-10H2,1-2H3. The summed E-state index contributed by atoms with van der Waals surface area (Å²) >= 11 is 0. The Balaban J connectivity index is 1.92. The highest BCUT2D eigenvalue weighted by Crippen LogP contribution is 2.22. The Morgan fingerprint density at radius 3 is 2.81 bits per heavy atom. The molecule has 0 N–H and O–H groups in total. The number of ether oxygens (including phenoxy) is 2. The zero-order chi connectivity index (χ0) is 11.4. The molecule has 0 aliphatic carbocycles. The minimum atomic E-state index is 0.332. The van der Waals surface area contributed by atoms with Crippen LogP contribution in [0.2, 0.25) is 0 Å². The van der Waals surface area contributed by atoms with Crippen LogP contribution in [0, 0.1) is 5.92 Å². The molecule has 0 radical (unpaired) electrons. The van der Waals surface area contributed by atoms with Gasteiger partial charge in [0, 0.05) is 0 Å². The van der Waals surface area contributed by atoms with Crippen LogP contribution in [0.15, 0.2) is 24.3 Å². The Kier molecular flexibility index (Phi) is 3.83. The highest BCUT2D eigenvalue weighted by atomic mass is 16.6. The Labute approximate surface area is 97.6 Å². The van der Waals surface area contributed by atoms with Crippen molar-refractivity contribution < 1.29 is 9.47 Å². The van der Waals surface area contributed by atoms with Gasteiger partial charge >= 0.3 is 0 Å². The van der Waals surface area contributed by atoms with E-state index in [0.717, 1.165) is 24.7 Å². The molecule has 2 heteroatoms. The first-order chi connectivity index (χ1) is 7.75. The van der Waals surface area contributed by atoms with Gasteiger partial charge in [0.05, 0.1) is 6.61 Å².